The molecule has 2 amide bonds. The van der Waals surface area contributed by atoms with E-state index in [1.807, 2.05) is 59.5 Å². The lowest BCUT2D eigenvalue weighted by atomic mass is 10.0. The fourth-order valence-corrected chi connectivity index (χ4v) is 5.56. The van der Waals surface area contributed by atoms with Crippen LogP contribution in [0.1, 0.15) is 75.5 Å². The third-order valence-electron chi connectivity index (χ3n) is 7.06. The average Bonchev–Trinajstić information content (AvgIpc) is 2.95. The van der Waals surface area contributed by atoms with E-state index >= 15 is 0 Å². The van der Waals surface area contributed by atoms with Gasteiger partial charge in [-0.05, 0) is 66.1 Å². The molecule has 0 heterocycles. The van der Waals surface area contributed by atoms with Gasteiger partial charge in [-0.3, -0.25) is 4.79 Å². The summed E-state index contributed by atoms with van der Waals surface area (Å²) in [5, 5.41) is 12.3. The molecule has 0 fully saturated rings. The van der Waals surface area contributed by atoms with Gasteiger partial charge >= 0.3 is 12.0 Å². The summed E-state index contributed by atoms with van der Waals surface area (Å²) < 4.78 is 0. The van der Waals surface area contributed by atoms with E-state index in [0.717, 1.165) is 47.5 Å². The smallest absolute Gasteiger partial charge is 0.321 e. The molecular weight excluding hydrogens is 516 g/mol. The topological polar surface area (TPSA) is 69.6 Å². The molecule has 40 heavy (non-hydrogen) atoms. The van der Waals surface area contributed by atoms with Crippen molar-refractivity contribution < 1.29 is 14.7 Å². The number of rotatable bonds is 16. The average molecular weight is 561 g/mol. The predicted molar refractivity (Wildman–Crippen MR) is 167 cm³/mol. The van der Waals surface area contributed by atoms with Crippen LogP contribution in [0.25, 0.3) is 0 Å². The van der Waals surface area contributed by atoms with E-state index in [0.29, 0.717) is 18.9 Å². The lowest BCUT2D eigenvalue weighted by molar-refractivity contribution is -0.136. The standard InChI is InChI=1S/C34H44N2O3S/c1-4-5-6-7-11-23-36(34(39)35-30-20-18-29(19-21-30)26(2)3)24-22-27-14-16-28(17-15-27)25-32(33(37)38)40-31-12-9-8-10-13-31/h8-10,12-21,26,32H,4-7,11,22-25H2,1-3H3,(H,35,39)(H,37,38)/t32-/m0/s1. The Hall–Kier alpha value is -3.25. The second-order valence-electron chi connectivity index (χ2n) is 10.6. The van der Waals surface area contributed by atoms with Gasteiger partial charge in [-0.15, -0.1) is 11.8 Å². The lowest BCUT2D eigenvalue weighted by Crippen LogP contribution is -2.37. The van der Waals surface area contributed by atoms with Gasteiger partial charge in [-0.25, -0.2) is 4.79 Å². The summed E-state index contributed by atoms with van der Waals surface area (Å²) in [6.07, 6.45) is 6.95. The minimum Gasteiger partial charge on any atom is -0.480 e. The largest absolute Gasteiger partial charge is 0.480 e. The maximum Gasteiger partial charge on any atom is 0.321 e. The van der Waals surface area contributed by atoms with Crippen molar-refractivity contribution in [3.05, 3.63) is 95.6 Å². The van der Waals surface area contributed by atoms with Crippen molar-refractivity contribution in [2.45, 2.75) is 81.8 Å². The van der Waals surface area contributed by atoms with Gasteiger partial charge in [0.05, 0.1) is 0 Å². The molecule has 1 atom stereocenters. The second-order valence-corrected chi connectivity index (χ2v) is 11.9. The molecular formula is C34H44N2O3S. The number of amides is 2. The van der Waals surface area contributed by atoms with Crippen LogP contribution in [0, 0.1) is 0 Å². The molecule has 3 aromatic rings. The molecule has 214 valence electrons. The number of nitrogens with zero attached hydrogens (tertiary/aromatic N) is 1. The molecule has 0 aliphatic carbocycles. The van der Waals surface area contributed by atoms with Crippen molar-refractivity contribution in [2.24, 2.45) is 0 Å². The fourth-order valence-electron chi connectivity index (χ4n) is 4.54. The van der Waals surface area contributed by atoms with Gasteiger partial charge in [0.15, 0.2) is 0 Å². The zero-order valence-corrected chi connectivity index (χ0v) is 25.0. The number of carbonyl (C=O) groups excluding carboxylic acids is 1. The monoisotopic (exact) mass is 560 g/mol. The lowest BCUT2D eigenvalue weighted by Gasteiger charge is -2.23. The Morgan fingerprint density at radius 1 is 0.825 bits per heavy atom. The van der Waals surface area contributed by atoms with E-state index in [-0.39, 0.29) is 6.03 Å². The maximum absolute atomic E-state index is 13.2. The van der Waals surface area contributed by atoms with Crippen LogP contribution in [0.3, 0.4) is 0 Å². The van der Waals surface area contributed by atoms with Crippen molar-refractivity contribution in [1.82, 2.24) is 4.90 Å². The van der Waals surface area contributed by atoms with Gasteiger partial charge in [-0.2, -0.15) is 0 Å². The van der Waals surface area contributed by atoms with Crippen molar-refractivity contribution in [1.29, 1.82) is 0 Å². The highest BCUT2D eigenvalue weighted by molar-refractivity contribution is 8.00. The highest BCUT2D eigenvalue weighted by Gasteiger charge is 2.20. The van der Waals surface area contributed by atoms with Gasteiger partial charge in [0.1, 0.15) is 5.25 Å². The molecule has 0 bridgehead atoms. The number of nitrogens with one attached hydrogen (secondary N) is 1. The SMILES string of the molecule is CCCCCCCN(CCc1ccc(C[C@H](Sc2ccccc2)C(=O)O)cc1)C(=O)Nc1ccc(C(C)C)cc1. The minimum absolute atomic E-state index is 0.0633. The number of carbonyl (C=O) groups is 2. The zero-order valence-electron chi connectivity index (χ0n) is 24.1. The van der Waals surface area contributed by atoms with Gasteiger partial charge in [-0.1, -0.05) is 101 Å². The van der Waals surface area contributed by atoms with E-state index in [2.05, 4.69) is 50.4 Å². The van der Waals surface area contributed by atoms with E-state index in [1.54, 1.807) is 0 Å². The molecule has 0 unspecified atom stereocenters. The molecule has 5 nitrogen and oxygen atoms in total. The molecule has 0 spiro atoms. The number of hydrogen-bond acceptors (Lipinski definition) is 3. The Balaban J connectivity index is 1.58. The van der Waals surface area contributed by atoms with Gasteiger partial charge in [0, 0.05) is 23.7 Å². The number of aliphatic carboxylic acids is 1. The fraction of sp³-hybridized carbons (Fsp3) is 0.412. The summed E-state index contributed by atoms with van der Waals surface area (Å²) in [7, 11) is 0. The van der Waals surface area contributed by atoms with Crippen molar-refractivity contribution in [3.63, 3.8) is 0 Å². The van der Waals surface area contributed by atoms with E-state index in [9.17, 15) is 14.7 Å². The number of unbranched alkanes of at least 4 members (excludes halogenated alkanes) is 4. The molecule has 0 saturated heterocycles. The van der Waals surface area contributed by atoms with Gasteiger partial charge in [0.2, 0.25) is 0 Å². The molecule has 0 aromatic heterocycles. The Kier molecular flexibility index (Phi) is 13.1. The summed E-state index contributed by atoms with van der Waals surface area (Å²) in [4.78, 5) is 28.0. The van der Waals surface area contributed by atoms with Crippen molar-refractivity contribution in [3.8, 4) is 0 Å². The molecule has 6 heteroatoms. The third-order valence-corrected chi connectivity index (χ3v) is 8.26. The molecule has 0 aliphatic heterocycles. The number of urea groups is 1. The Morgan fingerprint density at radius 2 is 1.48 bits per heavy atom. The first-order chi connectivity index (χ1) is 19.4. The van der Waals surface area contributed by atoms with Crippen LogP contribution >= 0.6 is 11.8 Å². The highest BCUT2D eigenvalue weighted by Crippen LogP contribution is 2.26. The van der Waals surface area contributed by atoms with Crippen LogP contribution in [0.2, 0.25) is 0 Å². The van der Waals surface area contributed by atoms with Crippen LogP contribution in [-0.2, 0) is 17.6 Å². The number of carboxylic acids is 1. The van der Waals surface area contributed by atoms with Crippen LogP contribution in [-0.4, -0.2) is 40.3 Å². The minimum atomic E-state index is -0.808. The first kappa shape index (κ1) is 31.3. The predicted octanol–water partition coefficient (Wildman–Crippen LogP) is 8.65. The van der Waals surface area contributed by atoms with Crippen LogP contribution in [0.15, 0.2) is 83.8 Å². The first-order valence-corrected chi connectivity index (χ1v) is 15.4. The zero-order chi connectivity index (χ0) is 28.7. The molecule has 3 rings (SSSR count). The summed E-state index contributed by atoms with van der Waals surface area (Å²) in [6, 6.07) is 25.8. The molecule has 0 radical (unpaired) electrons. The number of benzene rings is 3. The van der Waals surface area contributed by atoms with Crippen LogP contribution < -0.4 is 5.32 Å². The number of thioether (sulfide) groups is 1. The van der Waals surface area contributed by atoms with Gasteiger partial charge in [0.25, 0.3) is 0 Å². The van der Waals surface area contributed by atoms with E-state index in [4.69, 9.17) is 0 Å². The third kappa shape index (κ3) is 10.7. The Morgan fingerprint density at radius 3 is 2.10 bits per heavy atom. The number of carboxylic acid groups (broad SMARTS) is 1. The normalized spacial score (nSPS) is 11.8. The van der Waals surface area contributed by atoms with Crippen molar-refractivity contribution >= 4 is 29.4 Å². The summed E-state index contributed by atoms with van der Waals surface area (Å²) in [5.74, 6) is -0.356. The second kappa shape index (κ2) is 16.8. The van der Waals surface area contributed by atoms with E-state index < -0.39 is 11.2 Å². The number of hydrogen-bond donors (Lipinski definition) is 2. The quantitative estimate of drug-likeness (QED) is 0.136. The van der Waals surface area contributed by atoms with Gasteiger partial charge < -0.3 is 15.3 Å². The molecule has 0 aliphatic rings. The van der Waals surface area contributed by atoms with Crippen LogP contribution in [0.4, 0.5) is 10.5 Å². The Labute approximate surface area is 244 Å². The summed E-state index contributed by atoms with van der Waals surface area (Å²) in [6.45, 7) is 7.89. The molecule has 2 N–H and O–H groups in total. The Bertz CT molecular complexity index is 1160. The summed E-state index contributed by atoms with van der Waals surface area (Å²) >= 11 is 1.38. The summed E-state index contributed by atoms with van der Waals surface area (Å²) in [5.41, 5.74) is 4.20. The molecule has 3 aromatic carbocycles. The highest BCUT2D eigenvalue weighted by atomic mass is 32.2. The molecule has 0 saturated carbocycles. The first-order valence-electron chi connectivity index (χ1n) is 14.5. The maximum atomic E-state index is 13.2. The van der Waals surface area contributed by atoms with E-state index in [1.165, 1.54) is 36.6 Å². The van der Waals surface area contributed by atoms with Crippen molar-refractivity contribution in [2.75, 3.05) is 18.4 Å². The van der Waals surface area contributed by atoms with Crippen LogP contribution in [0.5, 0.6) is 0 Å². The number of anilines is 1.